The first-order valence-electron chi connectivity index (χ1n) is 18.4. The summed E-state index contributed by atoms with van der Waals surface area (Å²) in [4.78, 5) is 28.5. The Morgan fingerprint density at radius 1 is 0.942 bits per heavy atom. The average Bonchev–Trinajstić information content (AvgIpc) is 3.58. The van der Waals surface area contributed by atoms with Gasteiger partial charge in [0, 0.05) is 54.4 Å². The summed E-state index contributed by atoms with van der Waals surface area (Å²) in [6, 6.07) is 18.6. The fourth-order valence-electron chi connectivity index (χ4n) is 6.97. The lowest BCUT2D eigenvalue weighted by Crippen LogP contribution is -2.35. The Bertz CT molecular complexity index is 2030. The monoisotopic (exact) mass is 772 g/mol. The standard InChI is InChI=1S/C42H53BrN4O5/c1-9-16-33-37(34(27-43)46(8)44-33)36-28(3)22-23-32-31(20-14-26-51-35-21-13-18-29-17-11-12-19-30(29)35)39(40(48)50-10-2)47(38(32)36)25-15-24-45(7)41(49)52-42(4,5)6/h11-13,17-19,21-23H,9-10,14-16,20,24-27H2,1-8H3. The number of aryl methyl sites for hydroxylation is 5. The Labute approximate surface area is 316 Å². The number of ether oxygens (including phenoxy) is 3. The number of carbonyl (C=O) groups is 2. The van der Waals surface area contributed by atoms with Crippen LogP contribution in [0.15, 0.2) is 54.6 Å². The molecule has 0 unspecified atom stereocenters. The predicted molar refractivity (Wildman–Crippen MR) is 213 cm³/mol. The quantitative estimate of drug-likeness (QED) is 0.0598. The van der Waals surface area contributed by atoms with Gasteiger partial charge >= 0.3 is 12.1 Å². The largest absolute Gasteiger partial charge is 0.493 e. The van der Waals surface area contributed by atoms with Crippen LogP contribution < -0.4 is 4.74 Å². The zero-order valence-corrected chi connectivity index (χ0v) is 33.6. The van der Waals surface area contributed by atoms with E-state index in [0.29, 0.717) is 50.0 Å². The van der Waals surface area contributed by atoms with Crippen LogP contribution in [0.3, 0.4) is 0 Å². The first kappa shape index (κ1) is 38.9. The summed E-state index contributed by atoms with van der Waals surface area (Å²) < 4.78 is 21.8. The summed E-state index contributed by atoms with van der Waals surface area (Å²) in [5, 5.41) is 8.83. The van der Waals surface area contributed by atoms with Crippen molar-refractivity contribution >= 4 is 49.7 Å². The van der Waals surface area contributed by atoms with Crippen LogP contribution in [0.25, 0.3) is 32.8 Å². The van der Waals surface area contributed by atoms with Gasteiger partial charge < -0.3 is 23.7 Å². The van der Waals surface area contributed by atoms with E-state index in [1.807, 2.05) is 63.7 Å². The number of hydrogen-bond donors (Lipinski definition) is 0. The van der Waals surface area contributed by atoms with Gasteiger partial charge in [0.25, 0.3) is 0 Å². The van der Waals surface area contributed by atoms with Gasteiger partial charge in [-0.3, -0.25) is 4.68 Å². The Hall–Kier alpha value is -4.31. The molecular formula is C42H53BrN4O5. The van der Waals surface area contributed by atoms with Gasteiger partial charge in [0.2, 0.25) is 0 Å². The third-order valence-electron chi connectivity index (χ3n) is 9.27. The van der Waals surface area contributed by atoms with Crippen LogP contribution in [0.2, 0.25) is 0 Å². The molecule has 0 saturated carbocycles. The van der Waals surface area contributed by atoms with Crippen LogP contribution >= 0.6 is 15.9 Å². The van der Waals surface area contributed by atoms with Crippen LogP contribution in [0.5, 0.6) is 5.75 Å². The molecule has 0 saturated heterocycles. The molecule has 10 heteroatoms. The second-order valence-electron chi connectivity index (χ2n) is 14.3. The van der Waals surface area contributed by atoms with Crippen LogP contribution in [-0.4, -0.2) is 63.7 Å². The van der Waals surface area contributed by atoms with Crippen molar-refractivity contribution in [3.8, 4) is 16.9 Å². The molecule has 2 heterocycles. The molecule has 0 bridgehead atoms. The molecule has 1 amide bonds. The van der Waals surface area contributed by atoms with Crippen molar-refractivity contribution in [2.75, 3.05) is 26.8 Å². The van der Waals surface area contributed by atoms with Crippen LogP contribution in [0, 0.1) is 6.92 Å². The minimum atomic E-state index is -0.593. The molecule has 0 atom stereocenters. The normalized spacial score (nSPS) is 11.7. The molecule has 0 aliphatic rings. The molecule has 3 aromatic carbocycles. The van der Waals surface area contributed by atoms with Crippen LogP contribution in [-0.2, 0) is 41.2 Å². The van der Waals surface area contributed by atoms with E-state index in [2.05, 4.69) is 64.7 Å². The third kappa shape index (κ3) is 8.49. The van der Waals surface area contributed by atoms with Gasteiger partial charge in [0.1, 0.15) is 17.0 Å². The summed E-state index contributed by atoms with van der Waals surface area (Å²) in [5.41, 5.74) is 7.29. The lowest BCUT2D eigenvalue weighted by atomic mass is 9.93. The average molecular weight is 774 g/mol. The maximum absolute atomic E-state index is 14.1. The van der Waals surface area contributed by atoms with Gasteiger partial charge in [-0.15, -0.1) is 0 Å². The Morgan fingerprint density at radius 2 is 1.69 bits per heavy atom. The molecule has 0 aliphatic carbocycles. The molecule has 2 aromatic heterocycles. The topological polar surface area (TPSA) is 87.8 Å². The Morgan fingerprint density at radius 3 is 2.40 bits per heavy atom. The highest BCUT2D eigenvalue weighted by Crippen LogP contribution is 2.41. The van der Waals surface area contributed by atoms with Gasteiger partial charge in [0.05, 0.1) is 30.1 Å². The molecule has 0 aliphatic heterocycles. The summed E-state index contributed by atoms with van der Waals surface area (Å²) in [6.07, 6.45) is 3.32. The molecule has 5 rings (SSSR count). The minimum absolute atomic E-state index is 0.258. The van der Waals surface area contributed by atoms with Gasteiger partial charge in [-0.2, -0.15) is 5.10 Å². The van der Waals surface area contributed by atoms with Crippen molar-refractivity contribution in [2.45, 2.75) is 91.1 Å². The third-order valence-corrected chi connectivity index (χ3v) is 9.80. The second kappa shape index (κ2) is 17.0. The van der Waals surface area contributed by atoms with E-state index in [1.165, 1.54) is 0 Å². The Balaban J connectivity index is 1.61. The molecule has 0 radical (unpaired) electrons. The zero-order valence-electron chi connectivity index (χ0n) is 32.0. The fraction of sp³-hybridized carbons (Fsp3) is 0.452. The van der Waals surface area contributed by atoms with Crippen molar-refractivity contribution in [2.24, 2.45) is 7.05 Å². The van der Waals surface area contributed by atoms with Gasteiger partial charge in [-0.05, 0) is 82.9 Å². The zero-order chi connectivity index (χ0) is 37.6. The minimum Gasteiger partial charge on any atom is -0.493 e. The van der Waals surface area contributed by atoms with Gasteiger partial charge in [-0.25, -0.2) is 9.59 Å². The van der Waals surface area contributed by atoms with Crippen molar-refractivity contribution < 1.29 is 23.8 Å². The Kier molecular flexibility index (Phi) is 12.7. The second-order valence-corrected chi connectivity index (χ2v) is 14.9. The van der Waals surface area contributed by atoms with Crippen LogP contribution in [0.1, 0.15) is 86.9 Å². The summed E-state index contributed by atoms with van der Waals surface area (Å²) in [6.45, 7) is 13.4. The number of rotatable bonds is 15. The highest BCUT2D eigenvalue weighted by molar-refractivity contribution is 9.08. The number of esters is 1. The number of aromatic nitrogens is 3. The van der Waals surface area contributed by atoms with E-state index in [1.54, 1.807) is 11.9 Å². The molecule has 0 spiro atoms. The molecule has 52 heavy (non-hydrogen) atoms. The number of fused-ring (bicyclic) bond motifs is 2. The van der Waals surface area contributed by atoms with Crippen LogP contribution in [0.4, 0.5) is 4.79 Å². The van der Waals surface area contributed by atoms with E-state index in [9.17, 15) is 9.59 Å². The van der Waals surface area contributed by atoms with Crippen molar-refractivity contribution in [1.82, 2.24) is 19.2 Å². The number of amides is 1. The van der Waals surface area contributed by atoms with Crippen molar-refractivity contribution in [3.63, 3.8) is 0 Å². The molecule has 0 fully saturated rings. The van der Waals surface area contributed by atoms with E-state index < -0.39 is 5.60 Å². The number of benzene rings is 3. The molecular weight excluding hydrogens is 720 g/mol. The highest BCUT2D eigenvalue weighted by Gasteiger charge is 2.29. The lowest BCUT2D eigenvalue weighted by Gasteiger charge is -2.25. The maximum atomic E-state index is 14.1. The number of nitrogens with zero attached hydrogens (tertiary/aromatic N) is 4. The number of alkyl halides is 1. The SMILES string of the molecule is CCCc1nn(C)c(CBr)c1-c1c(C)ccc2c(CCCOc3cccc4ccccc34)c(C(=O)OCC)n(CCCN(C)C(=O)OC(C)(C)C)c12. The highest BCUT2D eigenvalue weighted by atomic mass is 79.9. The molecule has 0 N–H and O–H groups in total. The predicted octanol–water partition coefficient (Wildman–Crippen LogP) is 9.80. The maximum Gasteiger partial charge on any atom is 0.410 e. The number of halogens is 1. The molecule has 278 valence electrons. The summed E-state index contributed by atoms with van der Waals surface area (Å²) in [5.74, 6) is 0.494. The van der Waals surface area contributed by atoms with Crippen molar-refractivity contribution in [1.29, 1.82) is 0 Å². The summed E-state index contributed by atoms with van der Waals surface area (Å²) >= 11 is 3.75. The fourth-order valence-corrected chi connectivity index (χ4v) is 7.61. The van der Waals surface area contributed by atoms with E-state index in [0.717, 1.165) is 73.9 Å². The molecule has 5 aromatic rings. The first-order chi connectivity index (χ1) is 24.9. The lowest BCUT2D eigenvalue weighted by molar-refractivity contribution is 0.0294. The smallest absolute Gasteiger partial charge is 0.410 e. The summed E-state index contributed by atoms with van der Waals surface area (Å²) in [7, 11) is 3.74. The van der Waals surface area contributed by atoms with E-state index in [-0.39, 0.29) is 18.7 Å². The number of carbonyl (C=O) groups excluding carboxylic acids is 2. The van der Waals surface area contributed by atoms with Gasteiger partial charge in [-0.1, -0.05) is 77.8 Å². The number of hydrogen-bond acceptors (Lipinski definition) is 6. The first-order valence-corrected chi connectivity index (χ1v) is 19.5. The van der Waals surface area contributed by atoms with E-state index in [4.69, 9.17) is 19.3 Å². The molecule has 9 nitrogen and oxygen atoms in total. The van der Waals surface area contributed by atoms with E-state index >= 15 is 0 Å². The van der Waals surface area contributed by atoms with Crippen molar-refractivity contribution in [3.05, 3.63) is 82.8 Å². The van der Waals surface area contributed by atoms with Gasteiger partial charge in [0.15, 0.2) is 0 Å².